The summed E-state index contributed by atoms with van der Waals surface area (Å²) in [6, 6.07) is 21.3. The standard InChI is InChI=1S/C24H24O5/c1-18(2)24(25)29-16-14-27-21-11-12-22-19(17-21)7-6-10-23(22)28-15-13-26-20-8-4-3-5-9-20/h3-12,17H,1,13-16H2,2H3. The van der Waals surface area contributed by atoms with Gasteiger partial charge in [0.25, 0.3) is 0 Å². The van der Waals surface area contributed by atoms with Gasteiger partial charge >= 0.3 is 5.97 Å². The second-order valence-electron chi connectivity index (χ2n) is 6.41. The van der Waals surface area contributed by atoms with Crippen molar-refractivity contribution >= 4 is 16.7 Å². The summed E-state index contributed by atoms with van der Waals surface area (Å²) in [5.41, 5.74) is 0.373. The van der Waals surface area contributed by atoms with Gasteiger partial charge in [-0.15, -0.1) is 0 Å². The Labute approximate surface area is 170 Å². The molecule has 3 rings (SSSR count). The van der Waals surface area contributed by atoms with E-state index in [0.29, 0.717) is 24.5 Å². The van der Waals surface area contributed by atoms with E-state index in [1.165, 1.54) is 0 Å². The first-order chi connectivity index (χ1) is 14.1. The summed E-state index contributed by atoms with van der Waals surface area (Å²) in [7, 11) is 0. The molecule has 0 saturated heterocycles. The molecule has 0 saturated carbocycles. The Morgan fingerprint density at radius 2 is 1.52 bits per heavy atom. The summed E-state index contributed by atoms with van der Waals surface area (Å²) in [6.07, 6.45) is 0. The molecule has 0 amide bonds. The van der Waals surface area contributed by atoms with E-state index in [0.717, 1.165) is 22.3 Å². The third-order valence-electron chi connectivity index (χ3n) is 4.10. The third kappa shape index (κ3) is 6.01. The maximum absolute atomic E-state index is 11.4. The van der Waals surface area contributed by atoms with Gasteiger partial charge < -0.3 is 18.9 Å². The lowest BCUT2D eigenvalue weighted by Gasteiger charge is -2.12. The van der Waals surface area contributed by atoms with E-state index in [-0.39, 0.29) is 13.2 Å². The van der Waals surface area contributed by atoms with Crippen molar-refractivity contribution in [2.24, 2.45) is 0 Å². The highest BCUT2D eigenvalue weighted by molar-refractivity contribution is 5.89. The minimum Gasteiger partial charge on any atom is -0.490 e. The fourth-order valence-corrected chi connectivity index (χ4v) is 2.69. The third-order valence-corrected chi connectivity index (χ3v) is 4.10. The van der Waals surface area contributed by atoms with Crippen molar-refractivity contribution in [3.63, 3.8) is 0 Å². The van der Waals surface area contributed by atoms with Crippen molar-refractivity contribution < 1.29 is 23.7 Å². The van der Waals surface area contributed by atoms with Crippen LogP contribution in [0.3, 0.4) is 0 Å². The molecule has 0 unspecified atom stereocenters. The number of hydrogen-bond donors (Lipinski definition) is 0. The number of para-hydroxylation sites is 1. The molecule has 3 aromatic rings. The number of carbonyl (C=O) groups is 1. The van der Waals surface area contributed by atoms with Crippen molar-refractivity contribution in [1.29, 1.82) is 0 Å². The average Bonchev–Trinajstić information content (AvgIpc) is 2.74. The minimum absolute atomic E-state index is 0.175. The monoisotopic (exact) mass is 392 g/mol. The number of carbonyl (C=O) groups excluding carboxylic acids is 1. The van der Waals surface area contributed by atoms with E-state index >= 15 is 0 Å². The maximum Gasteiger partial charge on any atom is 0.333 e. The van der Waals surface area contributed by atoms with Gasteiger partial charge in [-0.1, -0.05) is 36.9 Å². The van der Waals surface area contributed by atoms with Gasteiger partial charge in [0.15, 0.2) is 0 Å². The molecule has 0 radical (unpaired) electrons. The summed E-state index contributed by atoms with van der Waals surface area (Å²) in [4.78, 5) is 11.4. The van der Waals surface area contributed by atoms with Gasteiger partial charge in [0.1, 0.15) is 43.7 Å². The van der Waals surface area contributed by atoms with Crippen molar-refractivity contribution in [2.75, 3.05) is 26.4 Å². The van der Waals surface area contributed by atoms with Crippen LogP contribution in [0.1, 0.15) is 6.92 Å². The molecule has 5 nitrogen and oxygen atoms in total. The highest BCUT2D eigenvalue weighted by atomic mass is 16.6. The van der Waals surface area contributed by atoms with Crippen LogP contribution in [0, 0.1) is 0 Å². The fourth-order valence-electron chi connectivity index (χ4n) is 2.69. The summed E-state index contributed by atoms with van der Waals surface area (Å²) in [6.45, 7) is 6.51. The molecular formula is C24H24O5. The summed E-state index contributed by atoms with van der Waals surface area (Å²) in [5.74, 6) is 1.91. The second-order valence-corrected chi connectivity index (χ2v) is 6.41. The number of rotatable bonds is 10. The van der Waals surface area contributed by atoms with Crippen LogP contribution in [0.15, 0.2) is 78.9 Å². The number of esters is 1. The van der Waals surface area contributed by atoms with Crippen LogP contribution in [0.25, 0.3) is 10.8 Å². The van der Waals surface area contributed by atoms with Crippen LogP contribution in [-0.4, -0.2) is 32.4 Å². The summed E-state index contributed by atoms with van der Waals surface area (Å²) >= 11 is 0. The number of benzene rings is 3. The van der Waals surface area contributed by atoms with Gasteiger partial charge in [-0.3, -0.25) is 0 Å². The Morgan fingerprint density at radius 1 is 0.793 bits per heavy atom. The van der Waals surface area contributed by atoms with Gasteiger partial charge in [0.05, 0.1) is 0 Å². The van der Waals surface area contributed by atoms with Crippen LogP contribution >= 0.6 is 0 Å². The van der Waals surface area contributed by atoms with E-state index in [4.69, 9.17) is 18.9 Å². The topological polar surface area (TPSA) is 54.0 Å². The Morgan fingerprint density at radius 3 is 2.31 bits per heavy atom. The first-order valence-electron chi connectivity index (χ1n) is 9.42. The molecule has 3 aromatic carbocycles. The molecule has 0 aromatic heterocycles. The van der Waals surface area contributed by atoms with E-state index in [1.54, 1.807) is 6.92 Å². The van der Waals surface area contributed by atoms with E-state index in [1.807, 2.05) is 66.7 Å². The van der Waals surface area contributed by atoms with Gasteiger partial charge in [-0.2, -0.15) is 0 Å². The Hall–Kier alpha value is -3.47. The van der Waals surface area contributed by atoms with E-state index in [9.17, 15) is 4.79 Å². The van der Waals surface area contributed by atoms with Crippen molar-refractivity contribution in [2.45, 2.75) is 6.92 Å². The van der Waals surface area contributed by atoms with Crippen LogP contribution in [0.4, 0.5) is 0 Å². The number of hydrogen-bond acceptors (Lipinski definition) is 5. The molecule has 0 heterocycles. The Balaban J connectivity index is 1.52. The quantitative estimate of drug-likeness (QED) is 0.282. The van der Waals surface area contributed by atoms with Gasteiger partial charge in [0.2, 0.25) is 0 Å². The molecule has 29 heavy (non-hydrogen) atoms. The maximum atomic E-state index is 11.4. The smallest absolute Gasteiger partial charge is 0.333 e. The van der Waals surface area contributed by atoms with Crippen molar-refractivity contribution in [1.82, 2.24) is 0 Å². The number of ether oxygens (including phenoxy) is 4. The van der Waals surface area contributed by atoms with Crippen LogP contribution < -0.4 is 14.2 Å². The summed E-state index contributed by atoms with van der Waals surface area (Å²) in [5, 5.41) is 2.00. The van der Waals surface area contributed by atoms with Crippen molar-refractivity contribution in [3.8, 4) is 17.2 Å². The predicted octanol–water partition coefficient (Wildman–Crippen LogP) is 4.80. The molecule has 0 aliphatic heterocycles. The van der Waals surface area contributed by atoms with Crippen LogP contribution in [-0.2, 0) is 9.53 Å². The Kier molecular flexibility index (Phi) is 7.11. The highest BCUT2D eigenvalue weighted by Crippen LogP contribution is 2.28. The molecule has 150 valence electrons. The summed E-state index contributed by atoms with van der Waals surface area (Å²) < 4.78 is 22.2. The molecular weight excluding hydrogens is 368 g/mol. The normalized spacial score (nSPS) is 10.4. The molecule has 0 atom stereocenters. The van der Waals surface area contributed by atoms with E-state index in [2.05, 4.69) is 6.58 Å². The first kappa shape index (κ1) is 20.3. The van der Waals surface area contributed by atoms with E-state index < -0.39 is 5.97 Å². The lowest BCUT2D eigenvalue weighted by atomic mass is 10.1. The second kappa shape index (κ2) is 10.2. The molecule has 0 aliphatic carbocycles. The molecule has 0 fully saturated rings. The molecule has 0 spiro atoms. The minimum atomic E-state index is -0.412. The molecule has 5 heteroatoms. The fraction of sp³-hybridized carbons (Fsp3) is 0.208. The Bertz CT molecular complexity index is 965. The first-order valence-corrected chi connectivity index (χ1v) is 9.42. The predicted molar refractivity (Wildman–Crippen MR) is 113 cm³/mol. The van der Waals surface area contributed by atoms with Gasteiger partial charge in [-0.25, -0.2) is 4.79 Å². The van der Waals surface area contributed by atoms with Crippen LogP contribution in [0.5, 0.6) is 17.2 Å². The lowest BCUT2D eigenvalue weighted by molar-refractivity contribution is -0.139. The van der Waals surface area contributed by atoms with Crippen LogP contribution in [0.2, 0.25) is 0 Å². The average molecular weight is 392 g/mol. The molecule has 0 N–H and O–H groups in total. The zero-order valence-electron chi connectivity index (χ0n) is 16.4. The largest absolute Gasteiger partial charge is 0.490 e. The zero-order chi connectivity index (χ0) is 20.5. The van der Waals surface area contributed by atoms with Crippen molar-refractivity contribution in [3.05, 3.63) is 78.9 Å². The lowest BCUT2D eigenvalue weighted by Crippen LogP contribution is -2.12. The SMILES string of the molecule is C=C(C)C(=O)OCCOc1ccc2c(OCCOc3ccccc3)cccc2c1. The highest BCUT2D eigenvalue weighted by Gasteiger charge is 2.06. The van der Waals surface area contributed by atoms with Gasteiger partial charge in [0, 0.05) is 11.0 Å². The molecule has 0 bridgehead atoms. The zero-order valence-corrected chi connectivity index (χ0v) is 16.4. The molecule has 0 aliphatic rings. The number of fused-ring (bicyclic) bond motifs is 1. The van der Waals surface area contributed by atoms with Gasteiger partial charge in [-0.05, 0) is 48.7 Å².